The second kappa shape index (κ2) is 6.36. The summed E-state index contributed by atoms with van der Waals surface area (Å²) in [4.78, 5) is 29.8. The lowest BCUT2D eigenvalue weighted by Crippen LogP contribution is -2.46. The Morgan fingerprint density at radius 1 is 1.30 bits per heavy atom. The van der Waals surface area contributed by atoms with Crippen LogP contribution < -0.4 is 4.90 Å². The summed E-state index contributed by atoms with van der Waals surface area (Å²) in [7, 11) is 2.70. The van der Waals surface area contributed by atoms with Gasteiger partial charge in [0, 0.05) is 12.7 Å². The zero-order chi connectivity index (χ0) is 14.5. The summed E-state index contributed by atoms with van der Waals surface area (Å²) >= 11 is 0. The van der Waals surface area contributed by atoms with Gasteiger partial charge in [0.2, 0.25) is 0 Å². The van der Waals surface area contributed by atoms with Gasteiger partial charge in [0.15, 0.2) is 0 Å². The summed E-state index contributed by atoms with van der Waals surface area (Å²) in [6.45, 7) is 0.667. The van der Waals surface area contributed by atoms with Crippen LogP contribution in [-0.4, -0.2) is 43.7 Å². The number of rotatable bonds is 3. The van der Waals surface area contributed by atoms with Crippen LogP contribution in [-0.2, 0) is 14.3 Å². The summed E-state index contributed by atoms with van der Waals surface area (Å²) < 4.78 is 9.61. The van der Waals surface area contributed by atoms with E-state index in [-0.39, 0.29) is 5.97 Å². The highest BCUT2D eigenvalue weighted by Gasteiger charge is 2.32. The maximum Gasteiger partial charge on any atom is 0.341 e. The lowest BCUT2D eigenvalue weighted by molar-refractivity contribution is -0.142. The molecular formula is C14H18N2O4. The van der Waals surface area contributed by atoms with Crippen LogP contribution in [0.2, 0.25) is 0 Å². The molecule has 1 fully saturated rings. The van der Waals surface area contributed by atoms with E-state index in [2.05, 4.69) is 4.98 Å². The largest absolute Gasteiger partial charge is 0.467 e. The Morgan fingerprint density at radius 2 is 2.10 bits per heavy atom. The van der Waals surface area contributed by atoms with Gasteiger partial charge in [-0.1, -0.05) is 0 Å². The van der Waals surface area contributed by atoms with Crippen molar-refractivity contribution in [3.05, 3.63) is 23.9 Å². The van der Waals surface area contributed by atoms with Gasteiger partial charge in [-0.05, 0) is 31.4 Å². The van der Waals surface area contributed by atoms with Crippen molar-refractivity contribution in [3.8, 4) is 0 Å². The van der Waals surface area contributed by atoms with Crippen molar-refractivity contribution in [2.24, 2.45) is 0 Å². The van der Waals surface area contributed by atoms with Crippen molar-refractivity contribution >= 4 is 17.8 Å². The van der Waals surface area contributed by atoms with E-state index in [9.17, 15) is 9.59 Å². The first-order valence-electron chi connectivity index (χ1n) is 6.57. The van der Waals surface area contributed by atoms with Gasteiger partial charge >= 0.3 is 11.9 Å². The van der Waals surface area contributed by atoms with Crippen molar-refractivity contribution in [1.29, 1.82) is 0 Å². The maximum absolute atomic E-state index is 11.9. The summed E-state index contributed by atoms with van der Waals surface area (Å²) in [5.74, 6) is -0.275. The van der Waals surface area contributed by atoms with E-state index in [1.807, 2.05) is 4.90 Å². The molecule has 0 saturated carbocycles. The molecule has 6 heteroatoms. The number of pyridine rings is 1. The third kappa shape index (κ3) is 2.74. The molecule has 6 nitrogen and oxygen atoms in total. The SMILES string of the molecule is COC(=O)c1cccnc1N1CCCCC1C(=O)OC. The van der Waals surface area contributed by atoms with Crippen molar-refractivity contribution in [1.82, 2.24) is 4.98 Å². The number of methoxy groups -OCH3 is 2. The average molecular weight is 278 g/mol. The number of anilines is 1. The lowest BCUT2D eigenvalue weighted by Gasteiger charge is -2.35. The van der Waals surface area contributed by atoms with Crippen molar-refractivity contribution in [2.45, 2.75) is 25.3 Å². The smallest absolute Gasteiger partial charge is 0.341 e. The number of nitrogens with zero attached hydrogens (tertiary/aromatic N) is 2. The highest BCUT2D eigenvalue weighted by molar-refractivity contribution is 5.95. The van der Waals surface area contributed by atoms with E-state index < -0.39 is 12.0 Å². The van der Waals surface area contributed by atoms with Gasteiger partial charge in [-0.15, -0.1) is 0 Å². The topological polar surface area (TPSA) is 68.7 Å². The van der Waals surface area contributed by atoms with Crippen LogP contribution in [0.1, 0.15) is 29.6 Å². The average Bonchev–Trinajstić information content (AvgIpc) is 2.53. The number of hydrogen-bond acceptors (Lipinski definition) is 6. The fourth-order valence-electron chi connectivity index (χ4n) is 2.46. The number of ether oxygens (including phenoxy) is 2. The Labute approximate surface area is 117 Å². The Bertz CT molecular complexity index is 504. The molecule has 0 bridgehead atoms. The molecule has 0 N–H and O–H groups in total. The molecule has 0 aliphatic carbocycles. The van der Waals surface area contributed by atoms with Gasteiger partial charge in [-0.25, -0.2) is 14.6 Å². The molecule has 1 atom stereocenters. The molecule has 0 aromatic carbocycles. The predicted octanol–water partition coefficient (Wildman–Crippen LogP) is 1.40. The van der Waals surface area contributed by atoms with Gasteiger partial charge in [-0.2, -0.15) is 0 Å². The monoisotopic (exact) mass is 278 g/mol. The minimum Gasteiger partial charge on any atom is -0.467 e. The van der Waals surface area contributed by atoms with Crippen LogP contribution >= 0.6 is 0 Å². The minimum atomic E-state index is -0.456. The predicted molar refractivity (Wildman–Crippen MR) is 72.6 cm³/mol. The number of aromatic nitrogens is 1. The van der Waals surface area contributed by atoms with E-state index in [0.29, 0.717) is 24.3 Å². The number of carbonyl (C=O) groups is 2. The van der Waals surface area contributed by atoms with E-state index in [4.69, 9.17) is 9.47 Å². The molecule has 1 aliphatic heterocycles. The first-order chi connectivity index (χ1) is 9.69. The van der Waals surface area contributed by atoms with Crippen LogP contribution in [0.25, 0.3) is 0 Å². The Morgan fingerprint density at radius 3 is 2.80 bits per heavy atom. The van der Waals surface area contributed by atoms with E-state index in [0.717, 1.165) is 12.8 Å². The van der Waals surface area contributed by atoms with E-state index in [1.165, 1.54) is 14.2 Å². The molecule has 1 saturated heterocycles. The molecule has 108 valence electrons. The zero-order valence-corrected chi connectivity index (χ0v) is 11.7. The number of carbonyl (C=O) groups excluding carboxylic acids is 2. The molecule has 20 heavy (non-hydrogen) atoms. The van der Waals surface area contributed by atoms with Crippen LogP contribution in [0.15, 0.2) is 18.3 Å². The van der Waals surface area contributed by atoms with Crippen LogP contribution in [0.4, 0.5) is 5.82 Å². The quantitative estimate of drug-likeness (QED) is 0.778. The molecule has 1 unspecified atom stereocenters. The Kier molecular flexibility index (Phi) is 4.55. The minimum absolute atomic E-state index is 0.300. The molecule has 2 heterocycles. The molecule has 0 amide bonds. The van der Waals surface area contributed by atoms with Crippen molar-refractivity contribution in [2.75, 3.05) is 25.7 Å². The third-order valence-electron chi connectivity index (χ3n) is 3.44. The summed E-state index contributed by atoms with van der Waals surface area (Å²) in [5.41, 5.74) is 0.366. The maximum atomic E-state index is 11.9. The second-order valence-electron chi connectivity index (χ2n) is 4.59. The molecule has 1 aliphatic rings. The van der Waals surface area contributed by atoms with Gasteiger partial charge in [-0.3, -0.25) is 0 Å². The number of hydrogen-bond donors (Lipinski definition) is 0. The number of esters is 2. The molecule has 0 radical (unpaired) electrons. The van der Waals surface area contributed by atoms with Crippen LogP contribution in [0, 0.1) is 0 Å². The zero-order valence-electron chi connectivity index (χ0n) is 11.7. The first kappa shape index (κ1) is 14.3. The number of piperidine rings is 1. The van der Waals surface area contributed by atoms with Crippen LogP contribution in [0.3, 0.4) is 0 Å². The normalized spacial score (nSPS) is 18.5. The first-order valence-corrected chi connectivity index (χ1v) is 6.57. The fraction of sp³-hybridized carbons (Fsp3) is 0.500. The third-order valence-corrected chi connectivity index (χ3v) is 3.44. The van der Waals surface area contributed by atoms with Gasteiger partial charge in [0.05, 0.1) is 14.2 Å². The van der Waals surface area contributed by atoms with E-state index in [1.54, 1.807) is 18.3 Å². The summed E-state index contributed by atoms with van der Waals surface area (Å²) in [6, 6.07) is 2.93. The molecular weight excluding hydrogens is 260 g/mol. The molecule has 1 aromatic heterocycles. The standard InChI is InChI=1S/C14H18N2O4/c1-19-13(17)10-6-5-8-15-12(10)16-9-4-3-7-11(16)14(18)20-2/h5-6,8,11H,3-4,7,9H2,1-2H3. The highest BCUT2D eigenvalue weighted by Crippen LogP contribution is 2.27. The Balaban J connectivity index is 2.37. The molecule has 0 spiro atoms. The van der Waals surface area contributed by atoms with Gasteiger partial charge in [0.1, 0.15) is 17.4 Å². The summed E-state index contributed by atoms with van der Waals surface area (Å²) in [6.07, 6.45) is 4.20. The summed E-state index contributed by atoms with van der Waals surface area (Å²) in [5, 5.41) is 0. The van der Waals surface area contributed by atoms with Gasteiger partial charge < -0.3 is 14.4 Å². The molecule has 2 rings (SSSR count). The van der Waals surface area contributed by atoms with Crippen molar-refractivity contribution < 1.29 is 19.1 Å². The Hall–Kier alpha value is -2.11. The molecule has 1 aromatic rings. The van der Waals surface area contributed by atoms with Crippen molar-refractivity contribution in [3.63, 3.8) is 0 Å². The van der Waals surface area contributed by atoms with Crippen LogP contribution in [0.5, 0.6) is 0 Å². The lowest BCUT2D eigenvalue weighted by atomic mass is 10.0. The second-order valence-corrected chi connectivity index (χ2v) is 4.59. The fourth-order valence-corrected chi connectivity index (χ4v) is 2.46. The van der Waals surface area contributed by atoms with E-state index >= 15 is 0 Å². The highest BCUT2D eigenvalue weighted by atomic mass is 16.5. The van der Waals surface area contributed by atoms with Gasteiger partial charge in [0.25, 0.3) is 0 Å².